The van der Waals surface area contributed by atoms with Crippen LogP contribution in [0.25, 0.3) is 0 Å². The molecule has 8 heterocycles. The van der Waals surface area contributed by atoms with Crippen LogP contribution in [0.5, 0.6) is 40.6 Å². The molecule has 4 amide bonds. The van der Waals surface area contributed by atoms with Crippen LogP contribution in [0, 0.1) is 27.7 Å². The molecule has 0 atom stereocenters. The number of hydrogen-bond acceptors (Lipinski definition) is 23. The average molecular weight is 1890 g/mol. The van der Waals surface area contributed by atoms with E-state index < -0.39 is 63.1 Å². The van der Waals surface area contributed by atoms with Crippen LogP contribution in [0.1, 0.15) is 352 Å². The van der Waals surface area contributed by atoms with E-state index in [1.807, 2.05) is 83.1 Å². The van der Waals surface area contributed by atoms with Crippen molar-refractivity contribution in [2.45, 2.75) is 151 Å². The summed E-state index contributed by atoms with van der Waals surface area (Å²) in [5.74, 6) is 0.513. The number of nitrogens with zero attached hydrogens (tertiary/aromatic N) is 4. The van der Waals surface area contributed by atoms with Gasteiger partial charge in [0.15, 0.2) is 12.6 Å². The van der Waals surface area contributed by atoms with E-state index >= 15 is 0 Å². The number of pyridine rings is 4. The maximum atomic E-state index is 11.7. The monoisotopic (exact) mass is 1890 g/mol. The number of carbonyl (C=O) groups is 7. The van der Waals surface area contributed by atoms with Gasteiger partial charge in [-0.15, -0.1) is 0 Å². The van der Waals surface area contributed by atoms with Crippen LogP contribution in [0.2, 0.25) is 5.15 Å². The second-order valence-corrected chi connectivity index (χ2v) is 29.9. The van der Waals surface area contributed by atoms with E-state index in [0.717, 1.165) is 23.6 Å². The van der Waals surface area contributed by atoms with Crippen molar-refractivity contribution in [3.8, 4) is 40.6 Å². The molecule has 4 aliphatic rings. The van der Waals surface area contributed by atoms with Crippen molar-refractivity contribution < 1.29 is 288 Å². The second-order valence-electron chi connectivity index (χ2n) is 27.8. The minimum Gasteiger partial charge on any atom is -1.00 e. The Hall–Kier alpha value is -8.18. The minimum atomic E-state index is -0.871. The normalized spacial score (nSPS) is 19.9. The molecule has 0 unspecified atom stereocenters. The predicted octanol–water partition coefficient (Wildman–Crippen LogP) is 21.6. The molecule has 36 heteroatoms. The fraction of sp³-hybridized carbons (Fsp3) is 0.311. The topological polar surface area (TPSA) is 408 Å². The Morgan fingerprint density at radius 2 is 0.800 bits per heavy atom. The molecular weight excluding hydrogens is 1580 g/mol. The fourth-order valence-electron chi connectivity index (χ4n) is 10.2. The average Bonchev–Trinajstić information content (AvgIpc) is 1.59. The Labute approximate surface area is 860 Å². The molecule has 4 aromatic carbocycles. The number of halogens is 3. The number of aryl methyl sites for hydroxylation is 4. The first kappa shape index (κ1) is 39.5. The number of hydrogen-bond donors (Lipinski definition) is 6. The van der Waals surface area contributed by atoms with Gasteiger partial charge in [0, 0.05) is 219 Å². The van der Waals surface area contributed by atoms with Crippen molar-refractivity contribution in [1.82, 2.24) is 19.9 Å². The number of ether oxygens (including phenoxy) is 3. The first-order valence-electron chi connectivity index (χ1n) is 89.4. The van der Waals surface area contributed by atoms with Crippen molar-refractivity contribution in [3.05, 3.63) is 203 Å². The fourth-order valence-corrected chi connectivity index (χ4v) is 11.1. The molecule has 3 saturated heterocycles. The van der Waals surface area contributed by atoms with E-state index in [1.165, 1.54) is 18.2 Å². The van der Waals surface area contributed by atoms with Crippen LogP contribution in [0.4, 0.5) is 0 Å². The molecule has 4 aromatic heterocycles. The predicted molar refractivity (Wildman–Crippen MR) is 540 cm³/mol. The van der Waals surface area contributed by atoms with Crippen molar-refractivity contribution in [3.63, 3.8) is 0 Å². The number of fused-ring (bicyclic) bond motifs is 1. The third kappa shape index (κ3) is 23.5. The van der Waals surface area contributed by atoms with Crippen molar-refractivity contribution in [2.75, 3.05) is 0 Å². The summed E-state index contributed by atoms with van der Waals surface area (Å²) in [5.41, 5.74) is 25.4. The summed E-state index contributed by atoms with van der Waals surface area (Å²) in [7, 11) is -2.47. The smallest absolute Gasteiger partial charge is 1.00 e. The van der Waals surface area contributed by atoms with Crippen LogP contribution in [0.3, 0.4) is 0 Å². The summed E-state index contributed by atoms with van der Waals surface area (Å²) in [6, 6.07) is 32.4. The number of phenolic OH excluding ortho intramolecular Hbond substituents is 1. The number of nitrogens with two attached hydrogens (primary N) is 4. The molecule has 8 aromatic rings. The first-order chi connectivity index (χ1) is 106. The van der Waals surface area contributed by atoms with Crippen LogP contribution in [-0.2, 0) is 39.2 Å². The number of phenols is 1. The number of primary amides is 4. The number of amides is 4. The molecule has 4 aliphatic heterocycles. The van der Waals surface area contributed by atoms with Crippen LogP contribution in [0.15, 0.2) is 130 Å². The zero-order valence-electron chi connectivity index (χ0n) is 177. The van der Waals surface area contributed by atoms with E-state index in [4.69, 9.17) is 253 Å². The van der Waals surface area contributed by atoms with Crippen molar-refractivity contribution in [2.24, 2.45) is 22.9 Å². The van der Waals surface area contributed by atoms with Crippen molar-refractivity contribution >= 4 is 134 Å². The third-order valence-corrected chi connectivity index (χ3v) is 20.1. The zero-order chi connectivity index (χ0) is 192. The molecule has 27 nitrogen and oxygen atoms in total. The van der Waals surface area contributed by atoms with Gasteiger partial charge in [-0.1, -0.05) is 55.6 Å². The van der Waals surface area contributed by atoms with Crippen molar-refractivity contribution in [1.29, 1.82) is 0 Å². The van der Waals surface area contributed by atoms with E-state index in [0.29, 0.717) is 129 Å². The zero-order valence-corrected chi connectivity index (χ0v) is 69.9. The molecule has 0 aliphatic carbocycles. The molecule has 3 fully saturated rings. The Balaban J connectivity index is -0.0000000272. The van der Waals surface area contributed by atoms with Crippen LogP contribution < -0.4 is 77.6 Å². The first-order valence-corrected chi connectivity index (χ1v) is 35.3. The summed E-state index contributed by atoms with van der Waals surface area (Å²) >= 11 is 12.0. The molecule has 10 N–H and O–H groups in total. The van der Waals surface area contributed by atoms with Gasteiger partial charge in [-0.05, 0) is 218 Å². The Morgan fingerprint density at radius 3 is 1.15 bits per heavy atom. The molecule has 0 bridgehead atoms. The third-order valence-electron chi connectivity index (χ3n) is 18.4. The maximum Gasteiger partial charge on any atom is 1.00 e. The Bertz CT molecular complexity index is 4860. The summed E-state index contributed by atoms with van der Waals surface area (Å²) in [6.45, 7) is 31.1. The number of benzene rings is 4. The standard InChI is InChI=1S/C20H23BN2O5.C14H13BN2O4.C14H11BrN2O3.C12H24B2O4.C7H5BrO2.C7H7ClN2O.B.Na.56H2.H/c1-12-15(18(22)25)7-9-17(23-12)26-14-6-8-16(13(10-14)11-24)21-27-19(2,3)20(4,5)28-21;1-8-11(14(16)18)3-5-13(17-8)21-10-2-4-12-9(6-10)7-20-15(12)19;1-8-11(14(16)19)3-5-13(17-8)20-10-2-4-12(15)9(6-10)7-18;1-9(2)10(3,4)16-13(15-9)14-17-11(5,6)12(7,8)18-14;8-7-2-1-6(10)3-5(7)4-9;1-4-5(7(9)11)2-3-6(8)10-4;;;;;;;;;;;;;;;;;;;;;;;;;;;;;;;;;;;;;;;;;;;;;;;;;;;;;;;;;;;/h6-11H,1-5H3,(H2,22,25);2-6,19H,7H2,1H3,(H2,16,18);2-7H,1H3,(H2,16,19);1-8H3;1-4,10H;2-3H,1H3,(H2,9,11);;;56*1H;/q;;;;;;;+1;;;;;;;;;;;;;;;;;;;;;;;;;;;;;;;;;;;;;;;;;;;;;;;;;;;;;;;;;-1/i;;;;;;;;56*1+1D;. The van der Waals surface area contributed by atoms with Gasteiger partial charge in [0.2, 0.25) is 17.6 Å². The van der Waals surface area contributed by atoms with Gasteiger partial charge in [0.1, 0.15) is 34.4 Å². The molecule has 3 radical (unpaired) electrons. The molecular formula is C74H196B5Br2ClN8NaO19. The van der Waals surface area contributed by atoms with Crippen LogP contribution in [-0.4, -0.2) is 143 Å². The SMILES string of the molecule is CC1(C)OB(B2OC(C)(C)C(C)(C)O2)OC1(C)C.Cc1nc(Cl)ccc1C(N)=O.Cc1nc(Oc2ccc(B3OC(C)(C)C(C)(C)O3)c(C=O)c2)ccc1C(N)=O.Cc1nc(Oc2ccc(Br)c(C=O)c2)ccc1C(N)=O.Cc1nc(Oc2ccc3c(c2)COB3O)ccc1C(N)=O.O=Cc1cc(O)ccc1Br.[2H][2H].[2H][2H].[2H][2H].[2H][2H].[2H][2H].[2H][2H].[2H][2H].[2H][2H].[2H][2H].[2H][2H].[2H][2H].[2H][2H].[2H][2H].[2H][2H].[2H][2H].[2H][2H].[2H][2H].[2H][2H].[2H][2H].[2H][2H].[2H][2H].[2H][2H].[2H][2H].[2H][2H].[2H][2H].[2H][2H].[2H][2H].[2H][2H].[2H][2H].[2H][2H].[2H][2H].[2H][2H].[2H][2H].[2H][2H].[2H][2H].[2H][2H].[2H][2H].[2H][2H].[2H][2H].[2H][2H].[2H][2H].[2H][2H].[2H][2H].[2H][2H].[2H][2H].[2H][2H].[2H][2H].[2H][2H].[2H][2H].[2H][2H].[2H][2H].[2H][2H].[2H][2H].[2H][2H].[2H][2H].[2H][2H].[B].[H-].[Na+]. The van der Waals surface area contributed by atoms with E-state index in [-0.39, 0.29) is 67.6 Å². The summed E-state index contributed by atoms with van der Waals surface area (Å²) in [6.07, 6.45) is 2.15. The summed E-state index contributed by atoms with van der Waals surface area (Å²) in [4.78, 5) is 93.4. The summed E-state index contributed by atoms with van der Waals surface area (Å²) < 4.78 is 619. The van der Waals surface area contributed by atoms with Gasteiger partial charge < -0.3 is 81.3 Å². The van der Waals surface area contributed by atoms with E-state index in [2.05, 4.69) is 51.8 Å². The quantitative estimate of drug-likeness (QED) is 0.0315. The van der Waals surface area contributed by atoms with E-state index in [9.17, 15) is 38.6 Å². The second kappa shape index (κ2) is 38.4. The largest absolute Gasteiger partial charge is 1.00 e. The molecule has 0 saturated carbocycles. The van der Waals surface area contributed by atoms with Gasteiger partial charge in [0.05, 0.1) is 85.2 Å². The Kier molecular flexibility index (Phi) is 13.8. The maximum absolute atomic E-state index is 11.7. The Morgan fingerprint density at radius 1 is 0.482 bits per heavy atom. The van der Waals surface area contributed by atoms with Gasteiger partial charge in [0.25, 0.3) is 23.6 Å². The molecule has 12 rings (SSSR count). The number of carbonyl (C=O) groups excluding carboxylic acids is 7. The number of aromatic nitrogens is 4. The number of rotatable bonds is 15. The van der Waals surface area contributed by atoms with Gasteiger partial charge in [-0.3, -0.25) is 33.6 Å². The molecule has 0 spiro atoms. The molecule has 683 valence electrons. The van der Waals surface area contributed by atoms with Gasteiger partial charge >= 0.3 is 57.8 Å². The minimum absolute atomic E-state index is 0. The van der Waals surface area contributed by atoms with Gasteiger partial charge in [-0.2, -0.15) is 0 Å². The molecule has 110 heavy (non-hydrogen) atoms. The van der Waals surface area contributed by atoms with E-state index in [1.54, 1.807) is 131 Å². The summed E-state index contributed by atoms with van der Waals surface area (Å²) in [5, 5.41) is 18.8. The van der Waals surface area contributed by atoms with Gasteiger partial charge in [-0.25, -0.2) is 19.9 Å². The number of aldehydes is 3. The number of aromatic hydroxyl groups is 1. The van der Waals surface area contributed by atoms with Crippen LogP contribution >= 0.6 is 43.5 Å².